The second-order valence-electron chi connectivity index (χ2n) is 5.80. The minimum Gasteiger partial charge on any atom is -0.467 e. The molecule has 6 nitrogen and oxygen atoms in total. The minimum atomic E-state index is -4.68. The number of halogens is 3. The highest BCUT2D eigenvalue weighted by Crippen LogP contribution is 2.29. The van der Waals surface area contributed by atoms with Gasteiger partial charge < -0.3 is 13.8 Å². The van der Waals surface area contributed by atoms with E-state index in [-0.39, 0.29) is 11.7 Å². The van der Waals surface area contributed by atoms with Crippen molar-refractivity contribution < 1.29 is 26.9 Å². The predicted molar refractivity (Wildman–Crippen MR) is 88.0 cm³/mol. The van der Waals surface area contributed by atoms with E-state index in [1.807, 2.05) is 0 Å². The van der Waals surface area contributed by atoms with Crippen molar-refractivity contribution in [1.82, 2.24) is 15.0 Å². The molecule has 0 saturated carbocycles. The van der Waals surface area contributed by atoms with E-state index < -0.39 is 12.1 Å². The van der Waals surface area contributed by atoms with E-state index >= 15 is 0 Å². The third-order valence-corrected chi connectivity index (χ3v) is 3.84. The number of rotatable bonds is 6. The third-order valence-electron chi connectivity index (χ3n) is 3.84. The molecule has 2 aromatic heterocycles. The average Bonchev–Trinajstić information content (AvgIpc) is 3.32. The van der Waals surface area contributed by atoms with Gasteiger partial charge in [0.1, 0.15) is 5.76 Å². The smallest absolute Gasteiger partial charge is 0.467 e. The topological polar surface area (TPSA) is 72.4 Å². The van der Waals surface area contributed by atoms with Crippen LogP contribution in [0.2, 0.25) is 0 Å². The van der Waals surface area contributed by atoms with Crippen molar-refractivity contribution in [2.45, 2.75) is 32.6 Å². The molecule has 0 saturated heterocycles. The number of alkyl halides is 3. The highest BCUT2D eigenvalue weighted by Gasteiger charge is 2.38. The Bertz CT molecular complexity index is 887. The molecule has 27 heavy (non-hydrogen) atoms. The Labute approximate surface area is 152 Å². The number of nitrogens with zero attached hydrogens (tertiary/aromatic N) is 3. The summed E-state index contributed by atoms with van der Waals surface area (Å²) in [6, 6.07) is 10.1. The summed E-state index contributed by atoms with van der Waals surface area (Å²) in [6.07, 6.45) is -2.79. The Hall–Kier alpha value is -3.10. The van der Waals surface area contributed by atoms with Crippen LogP contribution in [0.4, 0.5) is 13.2 Å². The number of amides is 1. The lowest BCUT2D eigenvalue weighted by atomic mass is 10.1. The molecule has 0 bridgehead atoms. The molecule has 9 heteroatoms. The molecule has 3 aromatic rings. The molecule has 142 valence electrons. The van der Waals surface area contributed by atoms with Crippen molar-refractivity contribution in [3.05, 3.63) is 59.9 Å². The van der Waals surface area contributed by atoms with Gasteiger partial charge >= 0.3 is 12.1 Å². The van der Waals surface area contributed by atoms with Gasteiger partial charge in [0.15, 0.2) is 0 Å². The van der Waals surface area contributed by atoms with Gasteiger partial charge in [-0.2, -0.15) is 18.2 Å². The van der Waals surface area contributed by atoms with Gasteiger partial charge in [-0.25, -0.2) is 0 Å². The second kappa shape index (κ2) is 7.65. The first kappa shape index (κ1) is 18.7. The normalized spacial score (nSPS) is 11.6. The van der Waals surface area contributed by atoms with Crippen molar-refractivity contribution in [3.8, 4) is 11.4 Å². The summed E-state index contributed by atoms with van der Waals surface area (Å²) in [6.45, 7) is 2.45. The van der Waals surface area contributed by atoms with Crippen LogP contribution in [0.15, 0.2) is 51.6 Å². The number of aromatic nitrogens is 2. The van der Waals surface area contributed by atoms with Crippen LogP contribution in [0.3, 0.4) is 0 Å². The fraction of sp³-hybridized carbons (Fsp3) is 0.278. The Balaban J connectivity index is 1.73. The first-order valence-electron chi connectivity index (χ1n) is 8.17. The maximum atomic E-state index is 12.5. The molecule has 0 spiro atoms. The number of hydrogen-bond acceptors (Lipinski definition) is 5. The number of benzene rings is 1. The monoisotopic (exact) mass is 379 g/mol. The van der Waals surface area contributed by atoms with E-state index in [0.29, 0.717) is 30.8 Å². The Morgan fingerprint density at radius 3 is 2.44 bits per heavy atom. The summed E-state index contributed by atoms with van der Waals surface area (Å²) in [7, 11) is 0. The second-order valence-corrected chi connectivity index (χ2v) is 5.80. The van der Waals surface area contributed by atoms with Crippen LogP contribution in [-0.2, 0) is 24.1 Å². The molecular weight excluding hydrogens is 363 g/mol. The molecule has 1 aromatic carbocycles. The Kier molecular flexibility index (Phi) is 5.29. The highest BCUT2D eigenvalue weighted by atomic mass is 19.4. The summed E-state index contributed by atoms with van der Waals surface area (Å²) in [5.41, 5.74) is 1.20. The molecule has 0 aliphatic heterocycles. The maximum absolute atomic E-state index is 12.5. The lowest BCUT2D eigenvalue weighted by Gasteiger charge is -2.21. The van der Waals surface area contributed by atoms with Crippen LogP contribution in [-0.4, -0.2) is 20.9 Å². The van der Waals surface area contributed by atoms with E-state index in [1.54, 1.807) is 54.5 Å². The SMILES string of the molecule is CCC(=O)N(Cc1ccc(-c2noc(C(F)(F)F)n2)cc1)Cc1ccco1. The highest BCUT2D eigenvalue weighted by molar-refractivity contribution is 5.75. The summed E-state index contributed by atoms with van der Waals surface area (Å²) in [4.78, 5) is 17.2. The molecular formula is C18H16F3N3O3. The summed E-state index contributed by atoms with van der Waals surface area (Å²) in [5, 5.41) is 3.35. The first-order valence-corrected chi connectivity index (χ1v) is 8.17. The Morgan fingerprint density at radius 1 is 1.15 bits per heavy atom. The lowest BCUT2D eigenvalue weighted by molar-refractivity contribution is -0.159. The molecule has 0 aliphatic carbocycles. The van der Waals surface area contributed by atoms with Gasteiger partial charge in [0, 0.05) is 18.5 Å². The van der Waals surface area contributed by atoms with Crippen LogP contribution in [0.1, 0.15) is 30.6 Å². The largest absolute Gasteiger partial charge is 0.471 e. The van der Waals surface area contributed by atoms with Crippen molar-refractivity contribution in [2.75, 3.05) is 0 Å². The van der Waals surface area contributed by atoms with Gasteiger partial charge in [0.25, 0.3) is 0 Å². The van der Waals surface area contributed by atoms with E-state index in [1.165, 1.54) is 0 Å². The number of hydrogen-bond donors (Lipinski definition) is 0. The minimum absolute atomic E-state index is 0.0385. The van der Waals surface area contributed by atoms with E-state index in [0.717, 1.165) is 5.56 Å². The zero-order valence-electron chi connectivity index (χ0n) is 14.4. The maximum Gasteiger partial charge on any atom is 0.471 e. The molecule has 0 aliphatic rings. The molecule has 0 fully saturated rings. The third kappa shape index (κ3) is 4.55. The summed E-state index contributed by atoms with van der Waals surface area (Å²) >= 11 is 0. The van der Waals surface area contributed by atoms with Crippen LogP contribution >= 0.6 is 0 Å². The molecule has 0 radical (unpaired) electrons. The van der Waals surface area contributed by atoms with Gasteiger partial charge in [-0.15, -0.1) is 0 Å². The van der Waals surface area contributed by atoms with Gasteiger partial charge in [-0.3, -0.25) is 4.79 Å². The van der Waals surface area contributed by atoms with Gasteiger partial charge in [0.05, 0.1) is 12.8 Å². The molecule has 1 amide bonds. The molecule has 0 N–H and O–H groups in total. The van der Waals surface area contributed by atoms with E-state index in [9.17, 15) is 18.0 Å². The fourth-order valence-corrected chi connectivity index (χ4v) is 2.48. The predicted octanol–water partition coefficient (Wildman–Crippen LogP) is 4.29. The Morgan fingerprint density at radius 2 is 1.89 bits per heavy atom. The summed E-state index contributed by atoms with van der Waals surface area (Å²) < 4.78 is 47.2. The molecule has 3 rings (SSSR count). The number of furan rings is 1. The molecule has 0 unspecified atom stereocenters. The molecule has 0 atom stereocenters. The fourth-order valence-electron chi connectivity index (χ4n) is 2.48. The van der Waals surface area contributed by atoms with Gasteiger partial charge in [-0.05, 0) is 17.7 Å². The van der Waals surface area contributed by atoms with Crippen molar-refractivity contribution >= 4 is 5.91 Å². The van der Waals surface area contributed by atoms with Gasteiger partial charge in [-0.1, -0.05) is 36.3 Å². The molecule has 2 heterocycles. The first-order chi connectivity index (χ1) is 12.9. The van der Waals surface area contributed by atoms with E-state index in [4.69, 9.17) is 4.42 Å². The number of carbonyl (C=O) groups excluding carboxylic acids is 1. The van der Waals surface area contributed by atoms with Crippen LogP contribution in [0.5, 0.6) is 0 Å². The zero-order chi connectivity index (χ0) is 19.4. The van der Waals surface area contributed by atoms with Crippen molar-refractivity contribution in [1.29, 1.82) is 0 Å². The van der Waals surface area contributed by atoms with Gasteiger partial charge in [0.2, 0.25) is 11.7 Å². The van der Waals surface area contributed by atoms with Crippen molar-refractivity contribution in [3.63, 3.8) is 0 Å². The zero-order valence-corrected chi connectivity index (χ0v) is 14.4. The summed E-state index contributed by atoms with van der Waals surface area (Å²) in [5.74, 6) is -0.908. The quantitative estimate of drug-likeness (QED) is 0.639. The van der Waals surface area contributed by atoms with E-state index in [2.05, 4.69) is 14.7 Å². The van der Waals surface area contributed by atoms with Crippen LogP contribution < -0.4 is 0 Å². The average molecular weight is 379 g/mol. The standard InChI is InChI=1S/C18H16F3N3O3/c1-2-15(25)24(11-14-4-3-9-26-14)10-12-5-7-13(8-6-12)16-22-17(27-23-16)18(19,20)21/h3-9H,2,10-11H2,1H3. The van der Waals surface area contributed by atoms with Crippen molar-refractivity contribution in [2.24, 2.45) is 0 Å². The number of carbonyl (C=O) groups is 1. The van der Waals surface area contributed by atoms with Crippen LogP contribution in [0, 0.1) is 0 Å². The van der Waals surface area contributed by atoms with Crippen LogP contribution in [0.25, 0.3) is 11.4 Å². The lowest BCUT2D eigenvalue weighted by Crippen LogP contribution is -2.29.